The lowest BCUT2D eigenvalue weighted by Gasteiger charge is -2.37. The van der Waals surface area contributed by atoms with E-state index in [0.29, 0.717) is 31.4 Å². The van der Waals surface area contributed by atoms with Gasteiger partial charge in [0.25, 0.3) is 0 Å². The third-order valence-corrected chi connectivity index (χ3v) is 6.94. The molecule has 3 aliphatic rings. The van der Waals surface area contributed by atoms with Crippen molar-refractivity contribution in [1.29, 1.82) is 0 Å². The number of benzene rings is 1. The zero-order valence-corrected chi connectivity index (χ0v) is 20.0. The molecule has 0 radical (unpaired) electrons. The van der Waals surface area contributed by atoms with Crippen molar-refractivity contribution in [2.24, 2.45) is 5.92 Å². The lowest BCUT2D eigenvalue weighted by molar-refractivity contribution is -0.135. The summed E-state index contributed by atoms with van der Waals surface area (Å²) in [5.74, 6) is -0.0935. The maximum absolute atomic E-state index is 12.6. The van der Waals surface area contributed by atoms with Gasteiger partial charge in [-0.25, -0.2) is 4.79 Å². The average molecular weight is 468 g/mol. The summed E-state index contributed by atoms with van der Waals surface area (Å²) in [7, 11) is 0. The predicted molar refractivity (Wildman–Crippen MR) is 134 cm³/mol. The van der Waals surface area contributed by atoms with E-state index in [-0.39, 0.29) is 30.3 Å². The van der Waals surface area contributed by atoms with E-state index < -0.39 is 0 Å². The van der Waals surface area contributed by atoms with Crippen LogP contribution in [0.4, 0.5) is 16.2 Å². The molecule has 1 aliphatic heterocycles. The molecule has 0 atom stereocenters. The molecule has 1 saturated heterocycles. The van der Waals surface area contributed by atoms with Gasteiger partial charge in [0.1, 0.15) is 6.54 Å². The Morgan fingerprint density at radius 1 is 0.971 bits per heavy atom. The highest BCUT2D eigenvalue weighted by Crippen LogP contribution is 2.31. The lowest BCUT2D eigenvalue weighted by Crippen LogP contribution is -2.53. The zero-order valence-electron chi connectivity index (χ0n) is 20.0. The average Bonchev–Trinajstić information content (AvgIpc) is 3.70. The number of carbonyl (C=O) groups excluding carboxylic acids is 3. The van der Waals surface area contributed by atoms with Gasteiger partial charge in [0.2, 0.25) is 11.8 Å². The SMILES string of the molecule is C=CCN(CC(=O)Nc1ccc(N2CCN(C(=O)NC3CCCCC3)CC2)cc1)C(=O)C1CC1. The summed E-state index contributed by atoms with van der Waals surface area (Å²) >= 11 is 0. The molecule has 4 rings (SSSR count). The van der Waals surface area contributed by atoms with E-state index in [1.807, 2.05) is 29.2 Å². The highest BCUT2D eigenvalue weighted by molar-refractivity contribution is 5.95. The van der Waals surface area contributed by atoms with Crippen LogP contribution in [0.3, 0.4) is 0 Å². The summed E-state index contributed by atoms with van der Waals surface area (Å²) in [6.45, 7) is 7.07. The summed E-state index contributed by atoms with van der Waals surface area (Å²) in [4.78, 5) is 43.1. The van der Waals surface area contributed by atoms with Gasteiger partial charge >= 0.3 is 6.03 Å². The first-order valence-electron chi connectivity index (χ1n) is 12.6. The summed E-state index contributed by atoms with van der Waals surface area (Å²) in [5.41, 5.74) is 1.78. The van der Waals surface area contributed by atoms with Crippen LogP contribution in [-0.4, -0.2) is 73.0 Å². The Kier molecular flexibility index (Phi) is 8.08. The molecule has 0 bridgehead atoms. The van der Waals surface area contributed by atoms with Gasteiger partial charge in [-0.05, 0) is 49.9 Å². The van der Waals surface area contributed by atoms with Gasteiger partial charge in [-0.3, -0.25) is 9.59 Å². The lowest BCUT2D eigenvalue weighted by atomic mass is 9.96. The van der Waals surface area contributed by atoms with Crippen LogP contribution in [0.5, 0.6) is 0 Å². The van der Waals surface area contributed by atoms with Crippen LogP contribution in [0.1, 0.15) is 44.9 Å². The van der Waals surface area contributed by atoms with Crippen molar-refractivity contribution < 1.29 is 14.4 Å². The molecular weight excluding hydrogens is 430 g/mol. The zero-order chi connectivity index (χ0) is 23.9. The van der Waals surface area contributed by atoms with Gasteiger partial charge in [0, 0.05) is 56.1 Å². The number of rotatable bonds is 8. The minimum atomic E-state index is -0.207. The van der Waals surface area contributed by atoms with Crippen molar-refractivity contribution >= 4 is 29.2 Å². The minimum absolute atomic E-state index is 0.0357. The fourth-order valence-electron chi connectivity index (χ4n) is 4.79. The standard InChI is InChI=1S/C26H37N5O3/c1-2-14-31(25(33)20-8-9-20)19-24(32)27-22-10-12-23(13-11-22)29-15-17-30(18-16-29)26(34)28-21-6-4-3-5-7-21/h2,10-13,20-21H,1,3-9,14-19H2,(H,27,32)(H,28,34). The van der Waals surface area contributed by atoms with E-state index in [1.165, 1.54) is 19.3 Å². The third-order valence-electron chi connectivity index (χ3n) is 6.94. The molecule has 0 aromatic heterocycles. The number of hydrogen-bond acceptors (Lipinski definition) is 4. The normalized spacial score (nSPS) is 18.8. The summed E-state index contributed by atoms with van der Waals surface area (Å²) in [6.07, 6.45) is 9.37. The monoisotopic (exact) mass is 467 g/mol. The molecule has 1 aromatic rings. The molecule has 3 fully saturated rings. The molecule has 1 aromatic carbocycles. The highest BCUT2D eigenvalue weighted by Gasteiger charge is 2.33. The van der Waals surface area contributed by atoms with Crippen molar-refractivity contribution in [2.45, 2.75) is 51.0 Å². The second-order valence-electron chi connectivity index (χ2n) is 9.64. The number of hydrogen-bond donors (Lipinski definition) is 2. The summed E-state index contributed by atoms with van der Waals surface area (Å²) < 4.78 is 0. The number of nitrogens with one attached hydrogen (secondary N) is 2. The number of piperazine rings is 1. The smallest absolute Gasteiger partial charge is 0.317 e. The Bertz CT molecular complexity index is 869. The molecule has 8 nitrogen and oxygen atoms in total. The molecule has 0 spiro atoms. The topological polar surface area (TPSA) is 85.0 Å². The number of carbonyl (C=O) groups is 3. The van der Waals surface area contributed by atoms with E-state index in [4.69, 9.17) is 0 Å². The first kappa shape index (κ1) is 24.1. The molecule has 8 heteroatoms. The van der Waals surface area contributed by atoms with Gasteiger partial charge in [0.15, 0.2) is 0 Å². The van der Waals surface area contributed by atoms with Crippen LogP contribution >= 0.6 is 0 Å². The molecule has 1 heterocycles. The fourth-order valence-corrected chi connectivity index (χ4v) is 4.79. The van der Waals surface area contributed by atoms with Crippen molar-refractivity contribution in [2.75, 3.05) is 49.5 Å². The van der Waals surface area contributed by atoms with Crippen molar-refractivity contribution in [1.82, 2.24) is 15.1 Å². The van der Waals surface area contributed by atoms with Gasteiger partial charge in [-0.1, -0.05) is 25.3 Å². The van der Waals surface area contributed by atoms with E-state index in [2.05, 4.69) is 22.1 Å². The fraction of sp³-hybridized carbons (Fsp3) is 0.577. The maximum atomic E-state index is 12.6. The second-order valence-corrected chi connectivity index (χ2v) is 9.64. The van der Waals surface area contributed by atoms with Gasteiger partial charge in [0.05, 0.1) is 0 Å². The predicted octanol–water partition coefficient (Wildman–Crippen LogP) is 3.21. The van der Waals surface area contributed by atoms with Gasteiger partial charge in [-0.2, -0.15) is 0 Å². The van der Waals surface area contributed by atoms with Crippen LogP contribution in [0, 0.1) is 5.92 Å². The molecule has 184 valence electrons. The van der Waals surface area contributed by atoms with E-state index in [0.717, 1.165) is 44.5 Å². The molecule has 2 aliphatic carbocycles. The first-order valence-corrected chi connectivity index (χ1v) is 12.6. The molecule has 2 saturated carbocycles. The molecule has 2 N–H and O–H groups in total. The number of nitrogens with zero attached hydrogens (tertiary/aromatic N) is 3. The number of anilines is 2. The van der Waals surface area contributed by atoms with Gasteiger partial charge in [-0.15, -0.1) is 6.58 Å². The van der Waals surface area contributed by atoms with Crippen LogP contribution < -0.4 is 15.5 Å². The highest BCUT2D eigenvalue weighted by atomic mass is 16.2. The largest absolute Gasteiger partial charge is 0.368 e. The Balaban J connectivity index is 1.22. The first-order chi connectivity index (χ1) is 16.5. The maximum Gasteiger partial charge on any atom is 0.317 e. The molecule has 34 heavy (non-hydrogen) atoms. The Morgan fingerprint density at radius 3 is 2.26 bits per heavy atom. The summed E-state index contributed by atoms with van der Waals surface area (Å²) in [6, 6.07) is 8.15. The van der Waals surface area contributed by atoms with Gasteiger partial charge < -0.3 is 25.3 Å². The third kappa shape index (κ3) is 6.52. The van der Waals surface area contributed by atoms with E-state index in [1.54, 1.807) is 11.0 Å². The number of amides is 4. The van der Waals surface area contributed by atoms with Crippen LogP contribution in [-0.2, 0) is 9.59 Å². The van der Waals surface area contributed by atoms with Crippen molar-refractivity contribution in [3.8, 4) is 0 Å². The van der Waals surface area contributed by atoms with E-state index >= 15 is 0 Å². The van der Waals surface area contributed by atoms with Crippen LogP contribution in [0.25, 0.3) is 0 Å². The molecule has 0 unspecified atom stereocenters. The van der Waals surface area contributed by atoms with Crippen molar-refractivity contribution in [3.63, 3.8) is 0 Å². The number of urea groups is 1. The van der Waals surface area contributed by atoms with E-state index in [9.17, 15) is 14.4 Å². The Labute approximate surface area is 202 Å². The Hall–Kier alpha value is -3.03. The molecular formula is C26H37N5O3. The van der Waals surface area contributed by atoms with Crippen molar-refractivity contribution in [3.05, 3.63) is 36.9 Å². The van der Waals surface area contributed by atoms with Crippen LogP contribution in [0.15, 0.2) is 36.9 Å². The second kappa shape index (κ2) is 11.4. The minimum Gasteiger partial charge on any atom is -0.368 e. The summed E-state index contributed by atoms with van der Waals surface area (Å²) in [5, 5.41) is 6.09. The van der Waals surface area contributed by atoms with Crippen LogP contribution in [0.2, 0.25) is 0 Å². The quantitative estimate of drug-likeness (QED) is 0.575. The Morgan fingerprint density at radius 2 is 1.65 bits per heavy atom. The molecule has 4 amide bonds.